The van der Waals surface area contributed by atoms with Gasteiger partial charge in [-0.05, 0) is 128 Å². The van der Waals surface area contributed by atoms with Crippen LogP contribution in [-0.2, 0) is 0 Å². The average molecular weight is 417 g/mol. The summed E-state index contributed by atoms with van der Waals surface area (Å²) in [5.74, 6) is 8.01. The lowest BCUT2D eigenvalue weighted by molar-refractivity contribution is -0.129. The van der Waals surface area contributed by atoms with Crippen LogP contribution in [0.15, 0.2) is 0 Å². The van der Waals surface area contributed by atoms with Crippen molar-refractivity contribution >= 4 is 0 Å². The van der Waals surface area contributed by atoms with E-state index in [0.29, 0.717) is 10.8 Å². The van der Waals surface area contributed by atoms with Gasteiger partial charge < -0.3 is 5.11 Å². The van der Waals surface area contributed by atoms with E-state index in [1.165, 1.54) is 51.4 Å². The Kier molecular flexibility index (Phi) is 6.47. The van der Waals surface area contributed by atoms with Gasteiger partial charge in [-0.2, -0.15) is 0 Å². The number of hydrogen-bond donors (Lipinski definition) is 1. The van der Waals surface area contributed by atoms with Crippen molar-refractivity contribution in [2.75, 3.05) is 0 Å². The lowest BCUT2D eigenvalue weighted by atomic mass is 9.44. The SMILES string of the molecule is CC(C)[C@@H](C)[C@H](C)C[C@@H](C)[C@H]1CC[C@H]2[C@@H]3CC[C@H]4C[C@@H](O)CC[C@]4(C)[C@H]3CC[C@]12C. The summed E-state index contributed by atoms with van der Waals surface area (Å²) in [4.78, 5) is 0. The molecule has 4 saturated carbocycles. The molecule has 174 valence electrons. The van der Waals surface area contributed by atoms with E-state index in [4.69, 9.17) is 0 Å². The van der Waals surface area contributed by atoms with E-state index in [-0.39, 0.29) is 6.10 Å². The maximum atomic E-state index is 10.3. The third-order valence-electron chi connectivity index (χ3n) is 12.1. The predicted octanol–water partition coefficient (Wildman–Crippen LogP) is 7.96. The van der Waals surface area contributed by atoms with Crippen molar-refractivity contribution in [2.45, 2.75) is 119 Å². The minimum Gasteiger partial charge on any atom is -0.393 e. The first kappa shape index (κ1) is 23.1. The standard InChI is InChI=1S/C29H52O/c1-18(2)21(5)19(3)16-20(4)25-10-11-26-24-9-8-22-17-23(30)12-14-28(22,6)27(24)13-15-29(25,26)7/h18-27,30H,8-17H2,1-7H3/t19-,20-,21-,22+,23+,24+,25-,26+,27+,28+,29-/m1/s1. The molecule has 0 spiro atoms. The summed E-state index contributed by atoms with van der Waals surface area (Å²) in [6, 6.07) is 0. The molecule has 11 atom stereocenters. The second-order valence-corrected chi connectivity index (χ2v) is 13.6. The molecule has 0 saturated heterocycles. The zero-order chi connectivity index (χ0) is 21.8. The molecular weight excluding hydrogens is 364 g/mol. The molecule has 0 aromatic carbocycles. The average Bonchev–Trinajstić information content (AvgIpc) is 3.05. The Hall–Kier alpha value is -0.0400. The maximum absolute atomic E-state index is 10.3. The zero-order valence-electron chi connectivity index (χ0n) is 21.3. The number of rotatable bonds is 5. The van der Waals surface area contributed by atoms with E-state index in [0.717, 1.165) is 66.1 Å². The Balaban J connectivity index is 1.47. The number of fused-ring (bicyclic) bond motifs is 5. The molecule has 0 aromatic rings. The first-order chi connectivity index (χ1) is 14.1. The Morgan fingerprint density at radius 2 is 1.47 bits per heavy atom. The molecule has 4 fully saturated rings. The highest BCUT2D eigenvalue weighted by atomic mass is 16.3. The van der Waals surface area contributed by atoms with Crippen LogP contribution in [0.25, 0.3) is 0 Å². The fourth-order valence-electron chi connectivity index (χ4n) is 9.83. The van der Waals surface area contributed by atoms with Crippen LogP contribution < -0.4 is 0 Å². The van der Waals surface area contributed by atoms with Gasteiger partial charge in [0.25, 0.3) is 0 Å². The molecular formula is C29H52O. The van der Waals surface area contributed by atoms with Crippen molar-refractivity contribution in [3.63, 3.8) is 0 Å². The summed E-state index contributed by atoms with van der Waals surface area (Å²) in [5.41, 5.74) is 1.12. The van der Waals surface area contributed by atoms with Crippen molar-refractivity contribution < 1.29 is 5.11 Å². The van der Waals surface area contributed by atoms with Gasteiger partial charge in [-0.25, -0.2) is 0 Å². The van der Waals surface area contributed by atoms with E-state index in [1.54, 1.807) is 0 Å². The fourth-order valence-corrected chi connectivity index (χ4v) is 9.83. The van der Waals surface area contributed by atoms with E-state index in [9.17, 15) is 5.11 Å². The molecule has 1 heteroatoms. The first-order valence-electron chi connectivity index (χ1n) is 13.8. The van der Waals surface area contributed by atoms with Crippen LogP contribution in [0, 0.1) is 64.1 Å². The molecule has 0 unspecified atom stereocenters. The van der Waals surface area contributed by atoms with Gasteiger partial charge in [-0.3, -0.25) is 0 Å². The van der Waals surface area contributed by atoms with Gasteiger partial charge >= 0.3 is 0 Å². The summed E-state index contributed by atoms with van der Waals surface area (Å²) in [5, 5.41) is 10.3. The van der Waals surface area contributed by atoms with Gasteiger partial charge in [0, 0.05) is 0 Å². The third-order valence-corrected chi connectivity index (χ3v) is 12.1. The molecule has 1 N–H and O–H groups in total. The summed E-state index contributed by atoms with van der Waals surface area (Å²) >= 11 is 0. The highest BCUT2D eigenvalue weighted by Crippen LogP contribution is 2.68. The second kappa shape index (κ2) is 8.39. The molecule has 0 aliphatic heterocycles. The summed E-state index contributed by atoms with van der Waals surface area (Å²) in [6.07, 6.45) is 13.7. The van der Waals surface area contributed by atoms with Gasteiger partial charge in [0.1, 0.15) is 0 Å². The van der Waals surface area contributed by atoms with Crippen molar-refractivity contribution in [1.29, 1.82) is 0 Å². The molecule has 30 heavy (non-hydrogen) atoms. The Morgan fingerprint density at radius 1 is 0.800 bits per heavy atom. The van der Waals surface area contributed by atoms with Gasteiger partial charge in [0.15, 0.2) is 0 Å². The van der Waals surface area contributed by atoms with E-state index in [1.807, 2.05) is 0 Å². The third kappa shape index (κ3) is 3.72. The quantitative estimate of drug-likeness (QED) is 0.482. The monoisotopic (exact) mass is 416 g/mol. The van der Waals surface area contributed by atoms with E-state index in [2.05, 4.69) is 48.5 Å². The van der Waals surface area contributed by atoms with Gasteiger partial charge in [0.05, 0.1) is 6.10 Å². The molecule has 0 bridgehead atoms. The minimum atomic E-state index is -0.0135. The van der Waals surface area contributed by atoms with Crippen molar-refractivity contribution in [3.05, 3.63) is 0 Å². The second-order valence-electron chi connectivity index (χ2n) is 13.6. The zero-order valence-corrected chi connectivity index (χ0v) is 21.3. The molecule has 0 heterocycles. The summed E-state index contributed by atoms with van der Waals surface area (Å²) in [7, 11) is 0. The normalized spacial score (nSPS) is 49.1. The number of hydrogen-bond acceptors (Lipinski definition) is 1. The lowest BCUT2D eigenvalue weighted by Gasteiger charge is -2.61. The van der Waals surface area contributed by atoms with Crippen molar-refractivity contribution in [2.24, 2.45) is 64.1 Å². The molecule has 0 aromatic heterocycles. The van der Waals surface area contributed by atoms with Gasteiger partial charge in [0.2, 0.25) is 0 Å². The van der Waals surface area contributed by atoms with Crippen molar-refractivity contribution in [1.82, 2.24) is 0 Å². The van der Waals surface area contributed by atoms with Crippen LogP contribution in [-0.4, -0.2) is 11.2 Å². The molecule has 4 rings (SSSR count). The topological polar surface area (TPSA) is 20.2 Å². The van der Waals surface area contributed by atoms with Crippen LogP contribution in [0.1, 0.15) is 113 Å². The minimum absolute atomic E-state index is 0.0135. The Labute approximate surface area is 188 Å². The molecule has 4 aliphatic carbocycles. The van der Waals surface area contributed by atoms with Crippen LogP contribution in [0.3, 0.4) is 0 Å². The van der Waals surface area contributed by atoms with Crippen LogP contribution in [0.4, 0.5) is 0 Å². The lowest BCUT2D eigenvalue weighted by Crippen LogP contribution is -2.54. The van der Waals surface area contributed by atoms with Gasteiger partial charge in [-0.15, -0.1) is 0 Å². The largest absolute Gasteiger partial charge is 0.393 e. The fraction of sp³-hybridized carbons (Fsp3) is 1.00. The molecule has 1 nitrogen and oxygen atoms in total. The smallest absolute Gasteiger partial charge is 0.0543 e. The van der Waals surface area contributed by atoms with Crippen molar-refractivity contribution in [3.8, 4) is 0 Å². The highest BCUT2D eigenvalue weighted by molar-refractivity contribution is 5.09. The van der Waals surface area contributed by atoms with Gasteiger partial charge in [-0.1, -0.05) is 48.5 Å². The molecule has 0 amide bonds. The van der Waals surface area contributed by atoms with Crippen LogP contribution in [0.5, 0.6) is 0 Å². The Bertz CT molecular complexity index is 597. The predicted molar refractivity (Wildman–Crippen MR) is 128 cm³/mol. The number of aliphatic hydroxyl groups excluding tert-OH is 1. The van der Waals surface area contributed by atoms with Crippen LogP contribution in [0.2, 0.25) is 0 Å². The molecule has 0 radical (unpaired) electrons. The molecule has 4 aliphatic rings. The Morgan fingerprint density at radius 3 is 2.17 bits per heavy atom. The van der Waals surface area contributed by atoms with E-state index < -0.39 is 0 Å². The number of aliphatic hydroxyl groups is 1. The highest BCUT2D eigenvalue weighted by Gasteiger charge is 2.60. The van der Waals surface area contributed by atoms with E-state index >= 15 is 0 Å². The maximum Gasteiger partial charge on any atom is 0.0543 e. The first-order valence-corrected chi connectivity index (χ1v) is 13.8. The van der Waals surface area contributed by atoms with Crippen LogP contribution >= 0.6 is 0 Å². The summed E-state index contributed by atoms with van der Waals surface area (Å²) < 4.78 is 0. The summed E-state index contributed by atoms with van der Waals surface area (Å²) in [6.45, 7) is 17.8.